The Bertz CT molecular complexity index is 447. The van der Waals surface area contributed by atoms with Gasteiger partial charge in [0, 0.05) is 0 Å². The Hall–Kier alpha value is -2.31. The monoisotopic (exact) mass is 238 g/mol. The number of nitrogens with two attached hydrogens (primary N) is 2. The first-order valence-electron chi connectivity index (χ1n) is 4.85. The van der Waals surface area contributed by atoms with Crippen molar-refractivity contribution in [3.63, 3.8) is 0 Å². The summed E-state index contributed by atoms with van der Waals surface area (Å²) in [7, 11) is 1.27. The number of primary amides is 1. The van der Waals surface area contributed by atoms with Crippen LogP contribution in [0.2, 0.25) is 0 Å². The maximum Gasteiger partial charge on any atom is 0.328 e. The van der Waals surface area contributed by atoms with E-state index in [1.165, 1.54) is 19.4 Å². The maximum absolute atomic E-state index is 11.2. The van der Waals surface area contributed by atoms with Crippen LogP contribution in [0.1, 0.15) is 17.3 Å². The molecule has 1 heterocycles. The molecule has 0 saturated heterocycles. The summed E-state index contributed by atoms with van der Waals surface area (Å²) in [5.41, 5.74) is 11.1. The number of hydrogen-bond donors (Lipinski definition) is 3. The molecule has 1 aromatic heterocycles. The Balaban J connectivity index is 2.98. The van der Waals surface area contributed by atoms with Crippen molar-refractivity contribution in [2.24, 2.45) is 5.73 Å². The lowest BCUT2D eigenvalue weighted by molar-refractivity contribution is -0.141. The van der Waals surface area contributed by atoms with Gasteiger partial charge in [0.2, 0.25) is 0 Å². The van der Waals surface area contributed by atoms with Crippen molar-refractivity contribution < 1.29 is 14.3 Å². The Morgan fingerprint density at radius 2 is 2.18 bits per heavy atom. The summed E-state index contributed by atoms with van der Waals surface area (Å²) in [6, 6.07) is 0.746. The van der Waals surface area contributed by atoms with Crippen molar-refractivity contribution in [1.29, 1.82) is 0 Å². The third kappa shape index (κ3) is 3.07. The lowest BCUT2D eigenvalue weighted by Gasteiger charge is -2.14. The molecule has 1 atom stereocenters. The average molecular weight is 238 g/mol. The van der Waals surface area contributed by atoms with Gasteiger partial charge in [-0.1, -0.05) is 0 Å². The smallest absolute Gasteiger partial charge is 0.328 e. The predicted molar refractivity (Wildman–Crippen MR) is 62.3 cm³/mol. The van der Waals surface area contributed by atoms with Crippen LogP contribution in [0.4, 0.5) is 11.5 Å². The normalized spacial score (nSPS) is 11.6. The van der Waals surface area contributed by atoms with Gasteiger partial charge in [0.25, 0.3) is 5.91 Å². The molecule has 5 N–H and O–H groups in total. The molecular formula is C10H14N4O3. The highest BCUT2D eigenvalue weighted by atomic mass is 16.5. The molecule has 0 radical (unpaired) electrons. The molecule has 0 aliphatic heterocycles. The summed E-state index contributed by atoms with van der Waals surface area (Å²) in [6.07, 6.45) is 1.36. The van der Waals surface area contributed by atoms with Gasteiger partial charge >= 0.3 is 5.97 Å². The van der Waals surface area contributed by atoms with Crippen LogP contribution < -0.4 is 16.8 Å². The van der Waals surface area contributed by atoms with Crippen LogP contribution in [0.25, 0.3) is 0 Å². The molecule has 7 nitrogen and oxygen atoms in total. The van der Waals surface area contributed by atoms with Crippen LogP contribution in [0.5, 0.6) is 0 Å². The van der Waals surface area contributed by atoms with Crippen LogP contribution in [-0.2, 0) is 9.53 Å². The Labute approximate surface area is 98.1 Å². The summed E-state index contributed by atoms with van der Waals surface area (Å²) in [5.74, 6) is -0.951. The molecule has 1 rings (SSSR count). The topological polar surface area (TPSA) is 120 Å². The Kier molecular flexibility index (Phi) is 3.86. The summed E-state index contributed by atoms with van der Waals surface area (Å²) in [6.45, 7) is 1.58. The second-order valence-corrected chi connectivity index (χ2v) is 3.42. The van der Waals surface area contributed by atoms with Crippen molar-refractivity contribution in [1.82, 2.24) is 4.98 Å². The lowest BCUT2D eigenvalue weighted by Crippen LogP contribution is -2.29. The molecule has 0 bridgehead atoms. The third-order valence-electron chi connectivity index (χ3n) is 2.08. The lowest BCUT2D eigenvalue weighted by atomic mass is 10.2. The number of anilines is 2. The minimum Gasteiger partial charge on any atom is -0.467 e. The van der Waals surface area contributed by atoms with Gasteiger partial charge < -0.3 is 21.5 Å². The Morgan fingerprint density at radius 1 is 1.53 bits per heavy atom. The number of carbonyl (C=O) groups is 2. The van der Waals surface area contributed by atoms with E-state index in [4.69, 9.17) is 11.5 Å². The van der Waals surface area contributed by atoms with Crippen molar-refractivity contribution in [3.05, 3.63) is 17.8 Å². The quantitative estimate of drug-likeness (QED) is 0.621. The van der Waals surface area contributed by atoms with Crippen LogP contribution in [0.15, 0.2) is 12.3 Å². The molecule has 0 spiro atoms. The van der Waals surface area contributed by atoms with Crippen molar-refractivity contribution in [3.8, 4) is 0 Å². The highest BCUT2D eigenvalue weighted by molar-refractivity contribution is 5.98. The van der Waals surface area contributed by atoms with E-state index in [0.29, 0.717) is 5.69 Å². The van der Waals surface area contributed by atoms with Crippen LogP contribution in [0, 0.1) is 0 Å². The molecule has 1 unspecified atom stereocenters. The molecule has 7 heteroatoms. The SMILES string of the molecule is COC(=O)C(C)Nc1ncc(N)cc1C(N)=O. The van der Waals surface area contributed by atoms with Crippen LogP contribution in [0.3, 0.4) is 0 Å². The van der Waals surface area contributed by atoms with E-state index >= 15 is 0 Å². The van der Waals surface area contributed by atoms with Gasteiger partial charge in [-0.25, -0.2) is 9.78 Å². The van der Waals surface area contributed by atoms with E-state index in [2.05, 4.69) is 15.0 Å². The zero-order chi connectivity index (χ0) is 13.0. The standard InChI is InChI=1S/C10H14N4O3/c1-5(10(16)17-2)14-9-7(8(12)15)3-6(11)4-13-9/h3-5H,11H2,1-2H3,(H2,12,15)(H,13,14). The summed E-state index contributed by atoms with van der Waals surface area (Å²) >= 11 is 0. The number of aromatic nitrogens is 1. The predicted octanol–water partition coefficient (Wildman–Crippen LogP) is -0.264. The fraction of sp³-hybridized carbons (Fsp3) is 0.300. The van der Waals surface area contributed by atoms with E-state index in [-0.39, 0.29) is 11.4 Å². The first kappa shape index (κ1) is 12.8. The number of esters is 1. The molecule has 0 aliphatic rings. The molecule has 0 saturated carbocycles. The summed E-state index contributed by atoms with van der Waals surface area (Å²) in [5, 5.41) is 2.73. The number of ether oxygens (including phenoxy) is 1. The Morgan fingerprint density at radius 3 is 2.71 bits per heavy atom. The van der Waals surface area contributed by atoms with Crippen LogP contribution in [-0.4, -0.2) is 30.0 Å². The number of methoxy groups -OCH3 is 1. The number of rotatable bonds is 4. The van der Waals surface area contributed by atoms with E-state index in [1.807, 2.05) is 0 Å². The van der Waals surface area contributed by atoms with Crippen LogP contribution >= 0.6 is 0 Å². The fourth-order valence-corrected chi connectivity index (χ4v) is 1.22. The van der Waals surface area contributed by atoms with E-state index in [9.17, 15) is 9.59 Å². The molecule has 0 fully saturated rings. The number of pyridine rings is 1. The highest BCUT2D eigenvalue weighted by Gasteiger charge is 2.17. The van der Waals surface area contributed by atoms with Gasteiger partial charge in [-0.15, -0.1) is 0 Å². The van der Waals surface area contributed by atoms with Crippen molar-refractivity contribution >= 4 is 23.4 Å². The summed E-state index contributed by atoms with van der Waals surface area (Å²) < 4.78 is 4.54. The molecule has 92 valence electrons. The second kappa shape index (κ2) is 5.15. The van der Waals surface area contributed by atoms with E-state index < -0.39 is 17.9 Å². The van der Waals surface area contributed by atoms with E-state index in [0.717, 1.165) is 0 Å². The number of nitrogens with zero attached hydrogens (tertiary/aromatic N) is 1. The largest absolute Gasteiger partial charge is 0.467 e. The van der Waals surface area contributed by atoms with Gasteiger partial charge in [0.1, 0.15) is 11.9 Å². The minimum absolute atomic E-state index is 0.126. The number of nitrogen functional groups attached to an aromatic ring is 1. The van der Waals surface area contributed by atoms with E-state index in [1.54, 1.807) is 6.92 Å². The highest BCUT2D eigenvalue weighted by Crippen LogP contribution is 2.15. The maximum atomic E-state index is 11.2. The number of nitrogens with one attached hydrogen (secondary N) is 1. The molecular weight excluding hydrogens is 224 g/mol. The molecule has 0 aromatic carbocycles. The zero-order valence-corrected chi connectivity index (χ0v) is 9.56. The number of amides is 1. The average Bonchev–Trinajstić information content (AvgIpc) is 2.29. The molecule has 1 amide bonds. The minimum atomic E-state index is -0.677. The van der Waals surface area contributed by atoms with Gasteiger partial charge in [-0.3, -0.25) is 4.79 Å². The molecule has 1 aromatic rings. The summed E-state index contributed by atoms with van der Waals surface area (Å²) in [4.78, 5) is 26.3. The zero-order valence-electron chi connectivity index (χ0n) is 9.56. The first-order valence-corrected chi connectivity index (χ1v) is 4.85. The van der Waals surface area contributed by atoms with Gasteiger partial charge in [0.05, 0.1) is 24.6 Å². The van der Waals surface area contributed by atoms with Gasteiger partial charge in [-0.2, -0.15) is 0 Å². The molecule has 17 heavy (non-hydrogen) atoms. The second-order valence-electron chi connectivity index (χ2n) is 3.42. The fourth-order valence-electron chi connectivity index (χ4n) is 1.22. The molecule has 0 aliphatic carbocycles. The van der Waals surface area contributed by atoms with Gasteiger partial charge in [0.15, 0.2) is 0 Å². The third-order valence-corrected chi connectivity index (χ3v) is 2.08. The van der Waals surface area contributed by atoms with Gasteiger partial charge in [-0.05, 0) is 13.0 Å². The number of carbonyl (C=O) groups excluding carboxylic acids is 2. The van der Waals surface area contributed by atoms with Crippen molar-refractivity contribution in [2.45, 2.75) is 13.0 Å². The van der Waals surface area contributed by atoms with Crippen molar-refractivity contribution in [2.75, 3.05) is 18.2 Å². The number of hydrogen-bond acceptors (Lipinski definition) is 6. The first-order chi connectivity index (χ1) is 7.95.